The minimum atomic E-state index is 0.370. The number of amides is 1. The predicted octanol–water partition coefficient (Wildman–Crippen LogP) is 2.56. The van der Waals surface area contributed by atoms with E-state index in [2.05, 4.69) is 24.1 Å². The Hall–Kier alpha value is -0.570. The van der Waals surface area contributed by atoms with Gasteiger partial charge in [0.15, 0.2) is 0 Å². The summed E-state index contributed by atoms with van der Waals surface area (Å²) >= 11 is 0. The number of nitrogens with one attached hydrogen (secondary N) is 1. The van der Waals surface area contributed by atoms with Gasteiger partial charge >= 0.3 is 0 Å². The molecule has 100 valence electrons. The summed E-state index contributed by atoms with van der Waals surface area (Å²) in [4.78, 5) is 14.2. The van der Waals surface area contributed by atoms with Crippen molar-refractivity contribution in [2.45, 2.75) is 64.8 Å². The van der Waals surface area contributed by atoms with E-state index in [9.17, 15) is 4.79 Å². The third kappa shape index (κ3) is 5.07. The van der Waals surface area contributed by atoms with Crippen LogP contribution in [0.1, 0.15) is 58.8 Å². The lowest BCUT2D eigenvalue weighted by Gasteiger charge is -2.38. The Balaban J connectivity index is 2.17. The van der Waals surface area contributed by atoms with Crippen molar-refractivity contribution >= 4 is 5.91 Å². The Morgan fingerprint density at radius 1 is 1.12 bits per heavy atom. The maximum absolute atomic E-state index is 12.1. The van der Waals surface area contributed by atoms with Gasteiger partial charge in [-0.15, -0.1) is 0 Å². The van der Waals surface area contributed by atoms with Gasteiger partial charge in [0.1, 0.15) is 0 Å². The van der Waals surface area contributed by atoms with E-state index < -0.39 is 0 Å². The smallest absolute Gasteiger partial charge is 0.222 e. The summed E-state index contributed by atoms with van der Waals surface area (Å²) < 4.78 is 0. The lowest BCUT2D eigenvalue weighted by Crippen LogP contribution is -2.59. The summed E-state index contributed by atoms with van der Waals surface area (Å²) in [5.41, 5.74) is 0. The molecule has 1 fully saturated rings. The third-order valence-electron chi connectivity index (χ3n) is 3.48. The van der Waals surface area contributed by atoms with Crippen LogP contribution in [0.4, 0.5) is 0 Å². The number of carbonyl (C=O) groups excluding carboxylic acids is 1. The zero-order valence-electron chi connectivity index (χ0n) is 11.5. The highest BCUT2D eigenvalue weighted by Crippen LogP contribution is 2.11. The molecule has 0 aliphatic carbocycles. The topological polar surface area (TPSA) is 32.3 Å². The monoisotopic (exact) mass is 240 g/mol. The Labute approximate surface area is 106 Å². The molecular weight excluding hydrogens is 212 g/mol. The molecule has 1 amide bonds. The van der Waals surface area contributed by atoms with Crippen molar-refractivity contribution in [3.8, 4) is 0 Å². The van der Waals surface area contributed by atoms with E-state index in [1.54, 1.807) is 0 Å². The fourth-order valence-electron chi connectivity index (χ4n) is 2.27. The van der Waals surface area contributed by atoms with Crippen molar-refractivity contribution < 1.29 is 4.79 Å². The van der Waals surface area contributed by atoms with E-state index in [-0.39, 0.29) is 0 Å². The van der Waals surface area contributed by atoms with Crippen LogP contribution in [0, 0.1) is 0 Å². The van der Waals surface area contributed by atoms with Gasteiger partial charge in [-0.2, -0.15) is 0 Å². The van der Waals surface area contributed by atoms with Gasteiger partial charge in [-0.05, 0) is 12.8 Å². The van der Waals surface area contributed by atoms with Crippen LogP contribution < -0.4 is 5.32 Å². The first-order valence-electron chi connectivity index (χ1n) is 7.29. The predicted molar refractivity (Wildman–Crippen MR) is 72.0 cm³/mol. The summed E-state index contributed by atoms with van der Waals surface area (Å²) in [6.45, 7) is 7.27. The number of hydrogen-bond acceptors (Lipinski definition) is 2. The quantitative estimate of drug-likeness (QED) is 0.628. The molecular formula is C14H28N2O. The second-order valence-electron chi connectivity index (χ2n) is 5.06. The number of unbranched alkanes of at least 4 members (excludes halogenated alkanes) is 4. The molecule has 1 rings (SSSR count). The molecule has 0 spiro atoms. The first kappa shape index (κ1) is 14.5. The van der Waals surface area contributed by atoms with Gasteiger partial charge in [0.2, 0.25) is 5.91 Å². The summed E-state index contributed by atoms with van der Waals surface area (Å²) in [5, 5.41) is 3.25. The third-order valence-corrected chi connectivity index (χ3v) is 3.48. The highest BCUT2D eigenvalue weighted by molar-refractivity contribution is 5.76. The van der Waals surface area contributed by atoms with Crippen LogP contribution in [0.25, 0.3) is 0 Å². The standard InChI is InChI=1S/C14H28N2O/c1-3-5-6-7-8-9-14(17)16(10-4-2)13-11-15-12-13/h13,15H,3-12H2,1-2H3. The Bertz CT molecular complexity index is 214. The molecule has 0 unspecified atom stereocenters. The van der Waals surface area contributed by atoms with Crippen molar-refractivity contribution in [3.05, 3.63) is 0 Å². The highest BCUT2D eigenvalue weighted by atomic mass is 16.2. The van der Waals surface area contributed by atoms with Crippen LogP contribution in [0.3, 0.4) is 0 Å². The van der Waals surface area contributed by atoms with Gasteiger partial charge in [0, 0.05) is 26.1 Å². The molecule has 0 aromatic carbocycles. The first-order valence-corrected chi connectivity index (χ1v) is 7.29. The van der Waals surface area contributed by atoms with E-state index >= 15 is 0 Å². The highest BCUT2D eigenvalue weighted by Gasteiger charge is 2.27. The zero-order chi connectivity index (χ0) is 12.5. The van der Waals surface area contributed by atoms with Crippen LogP contribution in [-0.4, -0.2) is 36.5 Å². The number of nitrogens with zero attached hydrogens (tertiary/aromatic N) is 1. The van der Waals surface area contributed by atoms with Gasteiger partial charge in [-0.3, -0.25) is 4.79 Å². The molecule has 0 aromatic heterocycles. The number of rotatable bonds is 9. The molecule has 0 aromatic rings. The maximum atomic E-state index is 12.1. The fourth-order valence-corrected chi connectivity index (χ4v) is 2.27. The number of carbonyl (C=O) groups is 1. The van der Waals surface area contributed by atoms with Crippen molar-refractivity contribution in [2.75, 3.05) is 19.6 Å². The molecule has 1 aliphatic rings. The minimum Gasteiger partial charge on any atom is -0.337 e. The molecule has 0 saturated carbocycles. The average Bonchev–Trinajstić information content (AvgIpc) is 2.25. The van der Waals surface area contributed by atoms with E-state index in [1.807, 2.05) is 0 Å². The molecule has 1 N–H and O–H groups in total. The average molecular weight is 240 g/mol. The second kappa shape index (κ2) is 8.51. The molecule has 0 radical (unpaired) electrons. The van der Waals surface area contributed by atoms with Crippen LogP contribution in [0.5, 0.6) is 0 Å². The van der Waals surface area contributed by atoms with Gasteiger partial charge in [-0.25, -0.2) is 0 Å². The van der Waals surface area contributed by atoms with Gasteiger partial charge < -0.3 is 10.2 Å². The Morgan fingerprint density at radius 3 is 2.35 bits per heavy atom. The fraction of sp³-hybridized carbons (Fsp3) is 0.929. The lowest BCUT2D eigenvalue weighted by atomic mass is 10.1. The van der Waals surface area contributed by atoms with Crippen LogP contribution in [0.2, 0.25) is 0 Å². The second-order valence-corrected chi connectivity index (χ2v) is 5.06. The maximum Gasteiger partial charge on any atom is 0.222 e. The van der Waals surface area contributed by atoms with Gasteiger partial charge in [0.25, 0.3) is 0 Å². The molecule has 1 saturated heterocycles. The Morgan fingerprint density at radius 2 is 1.82 bits per heavy atom. The summed E-state index contributed by atoms with van der Waals surface area (Å²) in [6.07, 6.45) is 7.95. The molecule has 1 heterocycles. The minimum absolute atomic E-state index is 0.370. The molecule has 0 atom stereocenters. The van der Waals surface area contributed by atoms with Gasteiger partial charge in [0.05, 0.1) is 6.04 Å². The number of hydrogen-bond donors (Lipinski definition) is 1. The summed E-state index contributed by atoms with van der Waals surface area (Å²) in [5.74, 6) is 0.370. The Kier molecular flexibility index (Phi) is 7.25. The zero-order valence-corrected chi connectivity index (χ0v) is 11.5. The van der Waals surface area contributed by atoms with E-state index in [0.29, 0.717) is 11.9 Å². The van der Waals surface area contributed by atoms with Crippen molar-refractivity contribution in [3.63, 3.8) is 0 Å². The normalized spacial score (nSPS) is 15.6. The molecule has 0 bridgehead atoms. The summed E-state index contributed by atoms with van der Waals surface area (Å²) in [6, 6.07) is 0.470. The van der Waals surface area contributed by atoms with E-state index in [0.717, 1.165) is 38.9 Å². The van der Waals surface area contributed by atoms with Crippen LogP contribution in [0.15, 0.2) is 0 Å². The molecule has 17 heavy (non-hydrogen) atoms. The van der Waals surface area contributed by atoms with E-state index in [4.69, 9.17) is 0 Å². The van der Waals surface area contributed by atoms with Crippen LogP contribution >= 0.6 is 0 Å². The van der Waals surface area contributed by atoms with Crippen molar-refractivity contribution in [1.82, 2.24) is 10.2 Å². The SMILES string of the molecule is CCCCCCCC(=O)N(CCC)C1CNC1. The largest absolute Gasteiger partial charge is 0.337 e. The van der Waals surface area contributed by atoms with Gasteiger partial charge in [-0.1, -0.05) is 39.5 Å². The molecule has 3 heteroatoms. The molecule has 3 nitrogen and oxygen atoms in total. The molecule has 1 aliphatic heterocycles. The van der Waals surface area contributed by atoms with Crippen LogP contribution in [-0.2, 0) is 4.79 Å². The lowest BCUT2D eigenvalue weighted by molar-refractivity contribution is -0.134. The van der Waals surface area contributed by atoms with E-state index in [1.165, 1.54) is 25.7 Å². The van der Waals surface area contributed by atoms with Crippen molar-refractivity contribution in [2.24, 2.45) is 0 Å². The first-order chi connectivity index (χ1) is 8.29. The van der Waals surface area contributed by atoms with Crippen molar-refractivity contribution in [1.29, 1.82) is 0 Å². The summed E-state index contributed by atoms with van der Waals surface area (Å²) in [7, 11) is 0.